The smallest absolute Gasteiger partial charge is 0.160 e. The molecular formula is C46H29N3S. The highest BCUT2D eigenvalue weighted by atomic mass is 32.1. The van der Waals surface area contributed by atoms with Gasteiger partial charge in [0.05, 0.1) is 26.9 Å². The van der Waals surface area contributed by atoms with E-state index in [0.717, 1.165) is 49.5 Å². The van der Waals surface area contributed by atoms with Crippen molar-refractivity contribution in [2.45, 2.75) is 0 Å². The Hall–Kier alpha value is -6.36. The van der Waals surface area contributed by atoms with Crippen LogP contribution in [0.3, 0.4) is 0 Å². The Kier molecular flexibility index (Phi) is 6.68. The molecular weight excluding hydrogens is 627 g/mol. The second kappa shape index (κ2) is 11.7. The predicted octanol–water partition coefficient (Wildman–Crippen LogP) is 12.6. The normalized spacial score (nSPS) is 11.6. The molecule has 0 aliphatic rings. The SMILES string of the molecule is c1ccc(-c2nc(-c3ccccc3)c3sc4cccc(-c5cccc(-c6cccc7c8ccccc8n(-c8ccccc8)c67)c5)c4c3n2)cc1. The molecule has 0 N–H and O–H groups in total. The Morgan fingerprint density at radius 3 is 1.86 bits per heavy atom. The molecule has 0 atom stereocenters. The lowest BCUT2D eigenvalue weighted by molar-refractivity contribution is 1.18. The molecule has 0 bridgehead atoms. The van der Waals surface area contributed by atoms with Crippen molar-refractivity contribution in [3.63, 3.8) is 0 Å². The van der Waals surface area contributed by atoms with Crippen LogP contribution in [0.5, 0.6) is 0 Å². The first-order chi connectivity index (χ1) is 24.8. The van der Waals surface area contributed by atoms with Gasteiger partial charge in [0.2, 0.25) is 0 Å². The summed E-state index contributed by atoms with van der Waals surface area (Å²) in [6, 6.07) is 62.5. The quantitative estimate of drug-likeness (QED) is 0.185. The number of hydrogen-bond acceptors (Lipinski definition) is 3. The first kappa shape index (κ1) is 28.6. The summed E-state index contributed by atoms with van der Waals surface area (Å²) in [6.45, 7) is 0. The molecule has 10 rings (SSSR count). The lowest BCUT2D eigenvalue weighted by atomic mass is 9.95. The standard InChI is InChI=1S/C46H29N3S/c1-4-15-30(16-5-1)42-45-43(48-46(47-42)31-17-6-2-7-18-31)41-35(24-14-28-40(41)50-45)32-19-12-20-33(29-32)36-25-13-26-38-37-23-10-11-27-39(37)49(44(36)38)34-21-8-3-9-22-34/h1-29H. The van der Waals surface area contributed by atoms with Crippen LogP contribution in [0.2, 0.25) is 0 Å². The third kappa shape index (κ3) is 4.57. The Labute approximate surface area is 293 Å². The lowest BCUT2D eigenvalue weighted by Crippen LogP contribution is -1.95. The van der Waals surface area contributed by atoms with E-state index in [4.69, 9.17) is 9.97 Å². The third-order valence-electron chi connectivity index (χ3n) is 9.61. The number of benzene rings is 7. The van der Waals surface area contributed by atoms with E-state index < -0.39 is 0 Å². The van der Waals surface area contributed by atoms with Gasteiger partial charge < -0.3 is 4.57 Å². The van der Waals surface area contributed by atoms with Crippen molar-refractivity contribution in [1.29, 1.82) is 0 Å². The summed E-state index contributed by atoms with van der Waals surface area (Å²) in [5.41, 5.74) is 12.3. The molecule has 4 heteroatoms. The van der Waals surface area contributed by atoms with Crippen LogP contribution in [-0.4, -0.2) is 14.5 Å². The fourth-order valence-electron chi connectivity index (χ4n) is 7.39. The predicted molar refractivity (Wildman–Crippen MR) is 211 cm³/mol. The highest BCUT2D eigenvalue weighted by Crippen LogP contribution is 2.44. The van der Waals surface area contributed by atoms with Gasteiger partial charge in [-0.25, -0.2) is 9.97 Å². The second-order valence-corrected chi connectivity index (χ2v) is 13.6. The summed E-state index contributed by atoms with van der Waals surface area (Å²) in [5.74, 6) is 0.737. The second-order valence-electron chi connectivity index (χ2n) is 12.6. The summed E-state index contributed by atoms with van der Waals surface area (Å²) < 4.78 is 4.71. The van der Waals surface area contributed by atoms with Crippen LogP contribution >= 0.6 is 11.3 Å². The Morgan fingerprint density at radius 2 is 1.06 bits per heavy atom. The molecule has 10 aromatic rings. The van der Waals surface area contributed by atoms with E-state index in [2.05, 4.69) is 162 Å². The van der Waals surface area contributed by atoms with Gasteiger partial charge in [0.25, 0.3) is 0 Å². The van der Waals surface area contributed by atoms with Crippen LogP contribution in [0.4, 0.5) is 0 Å². The van der Waals surface area contributed by atoms with Gasteiger partial charge in [-0.1, -0.05) is 146 Å². The summed E-state index contributed by atoms with van der Waals surface area (Å²) in [5, 5.41) is 3.66. The minimum absolute atomic E-state index is 0.737. The first-order valence-corrected chi connectivity index (χ1v) is 17.7. The summed E-state index contributed by atoms with van der Waals surface area (Å²) in [4.78, 5) is 10.5. The van der Waals surface area contributed by atoms with Gasteiger partial charge in [0.15, 0.2) is 5.82 Å². The highest BCUT2D eigenvalue weighted by Gasteiger charge is 2.20. The van der Waals surface area contributed by atoms with Crippen LogP contribution in [0.25, 0.3) is 92.7 Å². The molecule has 3 heterocycles. The van der Waals surface area contributed by atoms with Gasteiger partial charge in [0.1, 0.15) is 0 Å². The van der Waals surface area contributed by atoms with Gasteiger partial charge in [-0.2, -0.15) is 0 Å². The van der Waals surface area contributed by atoms with Crippen molar-refractivity contribution in [1.82, 2.24) is 14.5 Å². The van der Waals surface area contributed by atoms with E-state index in [0.29, 0.717) is 0 Å². The van der Waals surface area contributed by atoms with Crippen LogP contribution in [0.15, 0.2) is 176 Å². The maximum absolute atomic E-state index is 5.29. The fourth-order valence-corrected chi connectivity index (χ4v) is 8.57. The van der Waals surface area contributed by atoms with Crippen molar-refractivity contribution in [3.8, 4) is 50.6 Å². The number of rotatable bonds is 5. The molecule has 234 valence electrons. The fraction of sp³-hybridized carbons (Fsp3) is 0. The molecule has 0 fully saturated rings. The monoisotopic (exact) mass is 655 g/mol. The van der Waals surface area contributed by atoms with E-state index in [1.807, 2.05) is 18.2 Å². The number of hydrogen-bond donors (Lipinski definition) is 0. The minimum Gasteiger partial charge on any atom is -0.309 e. The first-order valence-electron chi connectivity index (χ1n) is 16.8. The molecule has 0 aliphatic heterocycles. The maximum Gasteiger partial charge on any atom is 0.160 e. The largest absolute Gasteiger partial charge is 0.309 e. The molecule has 3 nitrogen and oxygen atoms in total. The molecule has 0 saturated heterocycles. The molecule has 0 saturated carbocycles. The Balaban J connectivity index is 1.22. The molecule has 0 aliphatic carbocycles. The van der Waals surface area contributed by atoms with Crippen molar-refractivity contribution < 1.29 is 0 Å². The van der Waals surface area contributed by atoms with Gasteiger partial charge in [-0.05, 0) is 47.0 Å². The van der Waals surface area contributed by atoms with Gasteiger partial charge >= 0.3 is 0 Å². The van der Waals surface area contributed by atoms with Crippen LogP contribution in [0, 0.1) is 0 Å². The van der Waals surface area contributed by atoms with E-state index in [-0.39, 0.29) is 0 Å². The van der Waals surface area contributed by atoms with Crippen LogP contribution in [-0.2, 0) is 0 Å². The van der Waals surface area contributed by atoms with E-state index in [9.17, 15) is 0 Å². The number of nitrogens with zero attached hydrogens (tertiary/aromatic N) is 3. The number of para-hydroxylation sites is 3. The summed E-state index contributed by atoms with van der Waals surface area (Å²) >= 11 is 1.77. The zero-order chi connectivity index (χ0) is 33.0. The van der Waals surface area contributed by atoms with E-state index >= 15 is 0 Å². The Bertz CT molecular complexity index is 2850. The Morgan fingerprint density at radius 1 is 0.460 bits per heavy atom. The van der Waals surface area contributed by atoms with Crippen molar-refractivity contribution in [3.05, 3.63) is 176 Å². The zero-order valence-corrected chi connectivity index (χ0v) is 27.8. The average molecular weight is 656 g/mol. The van der Waals surface area contributed by atoms with Crippen molar-refractivity contribution >= 4 is 53.4 Å². The average Bonchev–Trinajstić information content (AvgIpc) is 3.75. The molecule has 50 heavy (non-hydrogen) atoms. The lowest BCUT2D eigenvalue weighted by Gasteiger charge is -2.13. The number of aromatic nitrogens is 3. The zero-order valence-electron chi connectivity index (χ0n) is 27.0. The van der Waals surface area contributed by atoms with E-state index in [1.54, 1.807) is 11.3 Å². The molecule has 7 aromatic carbocycles. The molecule has 0 radical (unpaired) electrons. The summed E-state index contributed by atoms with van der Waals surface area (Å²) in [6.07, 6.45) is 0. The van der Waals surface area contributed by atoms with Crippen molar-refractivity contribution in [2.75, 3.05) is 0 Å². The molecule has 0 amide bonds. The number of fused-ring (bicyclic) bond motifs is 6. The summed E-state index contributed by atoms with van der Waals surface area (Å²) in [7, 11) is 0. The van der Waals surface area contributed by atoms with Gasteiger partial charge in [-0.3, -0.25) is 0 Å². The van der Waals surface area contributed by atoms with Crippen LogP contribution in [0.1, 0.15) is 0 Å². The third-order valence-corrected chi connectivity index (χ3v) is 10.8. The molecule has 0 unspecified atom stereocenters. The maximum atomic E-state index is 5.29. The number of thiophene rings is 1. The van der Waals surface area contributed by atoms with Crippen LogP contribution < -0.4 is 0 Å². The highest BCUT2D eigenvalue weighted by molar-refractivity contribution is 7.26. The van der Waals surface area contributed by atoms with Gasteiger partial charge in [0, 0.05) is 43.2 Å². The minimum atomic E-state index is 0.737. The molecule has 0 spiro atoms. The van der Waals surface area contributed by atoms with Crippen molar-refractivity contribution in [2.24, 2.45) is 0 Å². The van der Waals surface area contributed by atoms with Gasteiger partial charge in [-0.15, -0.1) is 11.3 Å². The molecule has 3 aromatic heterocycles. The topological polar surface area (TPSA) is 30.7 Å². The van der Waals surface area contributed by atoms with E-state index in [1.165, 1.54) is 43.2 Å².